The number of likely N-dealkylation sites (N-methyl/N-ethyl adjacent to an activating group) is 2. The van der Waals surface area contributed by atoms with E-state index in [-0.39, 0.29) is 141 Å². The first-order valence-electron chi connectivity index (χ1n) is 33.6. The lowest BCUT2D eigenvalue weighted by molar-refractivity contribution is -0.149. The van der Waals surface area contributed by atoms with E-state index < -0.39 is 72.2 Å². The van der Waals surface area contributed by atoms with Crippen LogP contribution in [-0.4, -0.2) is 174 Å². The lowest BCUT2D eigenvalue weighted by Crippen LogP contribution is -2.54. The number of urea groups is 1. The number of hydrogen-bond donors (Lipinski definition) is 5. The third-order valence-corrected chi connectivity index (χ3v) is 18.7. The average molecular weight is 1310 g/mol. The molecule has 12 atom stereocenters. The molecular weight excluding hydrogens is 1200 g/mol. The van der Waals surface area contributed by atoms with Crippen LogP contribution in [0.5, 0.6) is 0 Å². The fourth-order valence-corrected chi connectivity index (χ4v) is 13.0. The number of carbonyl (C=O) groups is 11. The van der Waals surface area contributed by atoms with Crippen LogP contribution in [0.2, 0.25) is 0 Å². The highest BCUT2D eigenvalue weighted by atomic mass is 16.6. The van der Waals surface area contributed by atoms with Gasteiger partial charge >= 0.3 is 12.1 Å². The van der Waals surface area contributed by atoms with Gasteiger partial charge in [-0.25, -0.2) is 9.59 Å². The maximum Gasteiger partial charge on any atom is 0.410 e. The van der Waals surface area contributed by atoms with Crippen molar-refractivity contribution in [2.75, 3.05) is 53.3 Å². The number of rotatable bonds is 41. The summed E-state index contributed by atoms with van der Waals surface area (Å²) in [6, 6.07) is 12.2. The number of benzene rings is 2. The van der Waals surface area contributed by atoms with Gasteiger partial charge in [0, 0.05) is 109 Å². The summed E-state index contributed by atoms with van der Waals surface area (Å²) in [5.41, 5.74) is 6.94. The Morgan fingerprint density at radius 2 is 1.37 bits per heavy atom. The molecule has 0 saturated carbocycles. The molecule has 1 saturated heterocycles. The maximum atomic E-state index is 14.9. The zero-order valence-corrected chi connectivity index (χ0v) is 58.1. The Labute approximate surface area is 556 Å². The summed E-state index contributed by atoms with van der Waals surface area (Å²) >= 11 is 0. The average Bonchev–Trinajstić information content (AvgIpc) is 1.33. The van der Waals surface area contributed by atoms with Crippen LogP contribution in [-0.2, 0) is 64.0 Å². The second kappa shape index (κ2) is 38.9. The van der Waals surface area contributed by atoms with Crippen LogP contribution in [0.3, 0.4) is 0 Å². The molecule has 2 heterocycles. The van der Waals surface area contributed by atoms with E-state index >= 15 is 0 Å². The molecule has 1 fully saturated rings. The molecule has 0 radical (unpaired) electrons. The summed E-state index contributed by atoms with van der Waals surface area (Å²) < 4.78 is 17.9. The second-order valence-electron chi connectivity index (χ2n) is 26.7. The van der Waals surface area contributed by atoms with Gasteiger partial charge in [0.25, 0.3) is 11.8 Å². The Bertz CT molecular complexity index is 2870. The second-order valence-corrected chi connectivity index (χ2v) is 26.7. The zero-order valence-electron chi connectivity index (χ0n) is 58.1. The number of unbranched alkanes of at least 4 members (excludes halogenated alkanes) is 2. The summed E-state index contributed by atoms with van der Waals surface area (Å²) in [6.07, 6.45) is 3.38. The van der Waals surface area contributed by atoms with Crippen molar-refractivity contribution in [3.8, 4) is 0 Å². The van der Waals surface area contributed by atoms with E-state index in [0.29, 0.717) is 62.7 Å². The molecule has 0 aliphatic carbocycles. The molecule has 2 aliphatic heterocycles. The molecule has 0 spiro atoms. The minimum Gasteiger partial charge on any atom is -0.445 e. The number of primary amides is 1. The summed E-state index contributed by atoms with van der Waals surface area (Å²) in [5.74, 6) is -6.50. The van der Waals surface area contributed by atoms with Gasteiger partial charge in [-0.05, 0) is 91.4 Å². The number of ketones is 3. The van der Waals surface area contributed by atoms with E-state index in [2.05, 4.69) is 16.0 Å². The van der Waals surface area contributed by atoms with Crippen molar-refractivity contribution < 1.29 is 72.1 Å². The third-order valence-electron chi connectivity index (χ3n) is 18.7. The number of Topliss-reactive ketones (excluding diaryl/α,β-unsaturated/α-hetero) is 3. The standard InChI is InChI=1S/C71H108N8O15/c1-15-46(8)65(58(92-13)41-62(86)78-37-23-27-54(78)67(93-14)48(10)55(80)38-47(9)66(87)50-24-18-16-19-25-50)76(11)69(89)53(43(2)3)40-57(82)64(45(6)7)77(12)71(91)94-42-49-29-31-52(32-30-49)74-68(88)51(26-22-35-73-70(72)90)39-56(81)63(44(4)5)75-59(83)28-20-17-21-36-79-60(84)33-34-61(79)85/h16,18-19,24-25,29-34,43-48,51,53-54,58,63-67,87H,15,17,20-23,26-28,35-42H2,1-14H3,(H,74,88)(H,75,83)(H3,72,73,90)/t46-,47-,48-,51+,53-,54-,58+,63-,64?,65-,66+,67+/m0/s1. The highest BCUT2D eigenvalue weighted by molar-refractivity contribution is 6.12. The number of nitrogens with zero attached hydrogens (tertiary/aromatic N) is 4. The van der Waals surface area contributed by atoms with Crippen molar-refractivity contribution in [1.82, 2.24) is 30.2 Å². The molecule has 0 aromatic heterocycles. The smallest absolute Gasteiger partial charge is 0.410 e. The molecule has 0 bridgehead atoms. The number of carbonyl (C=O) groups excluding carboxylic acids is 11. The molecule has 4 rings (SSSR count). The largest absolute Gasteiger partial charge is 0.445 e. The normalized spacial score (nSPS) is 17.5. The number of imide groups is 1. The Morgan fingerprint density at radius 1 is 0.723 bits per heavy atom. The first-order valence-corrected chi connectivity index (χ1v) is 33.6. The van der Waals surface area contributed by atoms with Gasteiger partial charge in [-0.3, -0.25) is 48.1 Å². The van der Waals surface area contributed by atoms with Crippen molar-refractivity contribution in [3.63, 3.8) is 0 Å². The number of amides is 9. The van der Waals surface area contributed by atoms with E-state index in [9.17, 15) is 57.8 Å². The van der Waals surface area contributed by atoms with Crippen molar-refractivity contribution in [2.24, 2.45) is 53.1 Å². The van der Waals surface area contributed by atoms with Crippen LogP contribution in [0.1, 0.15) is 170 Å². The van der Waals surface area contributed by atoms with Crippen LogP contribution < -0.4 is 21.7 Å². The molecule has 2 aromatic carbocycles. The van der Waals surface area contributed by atoms with Crippen molar-refractivity contribution in [2.45, 2.75) is 202 Å². The number of methoxy groups -OCH3 is 2. The predicted octanol–water partition coefficient (Wildman–Crippen LogP) is 8.35. The fourth-order valence-electron chi connectivity index (χ4n) is 13.0. The maximum absolute atomic E-state index is 14.9. The Balaban J connectivity index is 1.37. The fraction of sp³-hybridized carbons (Fsp3) is 0.648. The minimum atomic E-state index is -0.966. The van der Waals surface area contributed by atoms with E-state index in [4.69, 9.17) is 19.9 Å². The number of aliphatic hydroxyl groups is 1. The zero-order chi connectivity index (χ0) is 70.1. The predicted molar refractivity (Wildman–Crippen MR) is 357 cm³/mol. The van der Waals surface area contributed by atoms with Gasteiger partial charge in [-0.2, -0.15) is 0 Å². The van der Waals surface area contributed by atoms with Gasteiger partial charge in [0.1, 0.15) is 12.4 Å². The van der Waals surface area contributed by atoms with E-state index in [1.807, 2.05) is 85.7 Å². The Kier molecular flexibility index (Phi) is 32.7. The molecule has 1 unspecified atom stereocenters. The molecule has 94 heavy (non-hydrogen) atoms. The van der Waals surface area contributed by atoms with Crippen LogP contribution in [0.4, 0.5) is 15.3 Å². The summed E-state index contributed by atoms with van der Waals surface area (Å²) in [4.78, 5) is 153. The highest BCUT2D eigenvalue weighted by Crippen LogP contribution is 2.34. The SMILES string of the molecule is CC[C@H](C)[C@@H]([C@@H](CC(=O)N1CCC[C@H]1[C@H](OC)[C@@H](C)C(=O)C[C@H](C)[C@@H](O)c1ccccc1)OC)N(C)C(=O)[C@@H](CC(=O)C(C(C)C)N(C)C(=O)OCc1ccc(NC(=O)[C@H](CCCNC(N)=O)CC(=O)[C@@H](NC(=O)CCCCCN2C(=O)C=CC2=O)C(C)C)cc1)C(C)C. The van der Waals surface area contributed by atoms with Crippen molar-refractivity contribution in [1.29, 1.82) is 0 Å². The molecule has 2 aliphatic rings. The summed E-state index contributed by atoms with van der Waals surface area (Å²) in [6.45, 7) is 19.3. The number of hydrogen-bond acceptors (Lipinski definition) is 15. The molecule has 23 nitrogen and oxygen atoms in total. The lowest BCUT2D eigenvalue weighted by Gasteiger charge is -2.41. The third kappa shape index (κ3) is 23.2. The van der Waals surface area contributed by atoms with E-state index in [1.165, 1.54) is 31.2 Å². The van der Waals surface area contributed by atoms with Gasteiger partial charge in [-0.1, -0.05) is 125 Å². The van der Waals surface area contributed by atoms with Crippen molar-refractivity contribution in [3.05, 3.63) is 77.9 Å². The number of likely N-dealkylation sites (tertiary alicyclic amines) is 1. The lowest BCUT2D eigenvalue weighted by atomic mass is 9.83. The molecule has 6 N–H and O–H groups in total. The van der Waals surface area contributed by atoms with Crippen LogP contribution in [0.25, 0.3) is 0 Å². The monoisotopic (exact) mass is 1310 g/mol. The van der Waals surface area contributed by atoms with Gasteiger partial charge < -0.3 is 55.7 Å². The molecular formula is C71H108N8O15. The molecule has 23 heteroatoms. The minimum absolute atomic E-state index is 0.0541. The van der Waals surface area contributed by atoms with Crippen LogP contribution in [0.15, 0.2) is 66.7 Å². The molecule has 9 amide bonds. The van der Waals surface area contributed by atoms with Gasteiger partial charge in [0.15, 0.2) is 11.6 Å². The molecule has 2 aromatic rings. The quantitative estimate of drug-likeness (QED) is 0.0309. The number of anilines is 1. The van der Waals surface area contributed by atoms with Crippen LogP contribution in [0, 0.1) is 47.3 Å². The van der Waals surface area contributed by atoms with Gasteiger partial charge in [-0.15, -0.1) is 0 Å². The van der Waals surface area contributed by atoms with Crippen molar-refractivity contribution >= 4 is 70.6 Å². The number of nitrogens with two attached hydrogens (primary N) is 1. The molecule has 522 valence electrons. The topological polar surface area (TPSA) is 311 Å². The van der Waals surface area contributed by atoms with E-state index in [1.54, 1.807) is 62.1 Å². The van der Waals surface area contributed by atoms with Gasteiger partial charge in [0.2, 0.25) is 23.6 Å². The summed E-state index contributed by atoms with van der Waals surface area (Å²) in [7, 11) is 6.24. The first kappa shape index (κ1) is 79.1. The summed E-state index contributed by atoms with van der Waals surface area (Å²) in [5, 5.41) is 19.2. The van der Waals surface area contributed by atoms with Crippen LogP contribution >= 0.6 is 0 Å². The van der Waals surface area contributed by atoms with Gasteiger partial charge in [0.05, 0.1) is 48.9 Å². The first-order chi connectivity index (χ1) is 44.5. The number of nitrogens with one attached hydrogen (secondary N) is 3. The number of aliphatic hydroxyl groups excluding tert-OH is 1. The number of ether oxygens (including phenoxy) is 3. The Hall–Kier alpha value is -7.37. The highest BCUT2D eigenvalue weighted by Gasteiger charge is 2.44. The van der Waals surface area contributed by atoms with E-state index in [0.717, 1.165) is 10.5 Å². The Morgan fingerprint density at radius 3 is 1.95 bits per heavy atom.